The predicted octanol–water partition coefficient (Wildman–Crippen LogP) is 16.4. The van der Waals surface area contributed by atoms with E-state index in [1.54, 1.807) is 0 Å². The lowest BCUT2D eigenvalue weighted by Crippen LogP contribution is -1.94. The van der Waals surface area contributed by atoms with Gasteiger partial charge in [-0.3, -0.25) is 0 Å². The van der Waals surface area contributed by atoms with E-state index in [1.165, 1.54) is 77.0 Å². The fraction of sp³-hybridized carbons (Fsp3) is 0. The molecule has 3 heterocycles. The van der Waals surface area contributed by atoms with Gasteiger partial charge in [-0.2, -0.15) is 0 Å². The summed E-state index contributed by atoms with van der Waals surface area (Å²) in [5.74, 6) is 0. The predicted molar refractivity (Wildman–Crippen MR) is 264 cm³/mol. The third kappa shape index (κ3) is 5.67. The first-order valence-corrected chi connectivity index (χ1v) is 21.6. The first-order valence-electron chi connectivity index (χ1n) is 21.6. The molecule has 0 spiro atoms. The zero-order valence-corrected chi connectivity index (χ0v) is 34.2. The van der Waals surface area contributed by atoms with Gasteiger partial charge in [0.05, 0.1) is 22.1 Å². The fourth-order valence-corrected chi connectivity index (χ4v) is 9.94. The highest BCUT2D eigenvalue weighted by atomic mass is 16.3. The van der Waals surface area contributed by atoms with Crippen LogP contribution in [0, 0.1) is 0 Å². The van der Waals surface area contributed by atoms with Gasteiger partial charge in [-0.05, 0) is 106 Å². The smallest absolute Gasteiger partial charge is 0.143 e. The molecule has 0 N–H and O–H groups in total. The third-order valence-corrected chi connectivity index (χ3v) is 12.9. The standard InChI is InChI=1S/C60H38N2O/c1-2-12-39(13-3-1)43-14-10-15-47(36-43)62-56-22-8-5-17-50(56)54-38-45(31-35-58(54)62)41-26-24-40(25-27-41)44-30-34-57-53(37-44)49-16-4-7-21-55(49)61(57)46-32-28-42(29-33-46)48-19-11-20-52-51-18-6-9-23-59(51)63-60(48)52/h1-38H. The number of hydrogen-bond acceptors (Lipinski definition) is 1. The zero-order valence-electron chi connectivity index (χ0n) is 34.2. The summed E-state index contributed by atoms with van der Waals surface area (Å²) in [6.45, 7) is 0. The molecule has 3 heteroatoms. The third-order valence-electron chi connectivity index (χ3n) is 12.9. The Morgan fingerprint density at radius 2 is 0.714 bits per heavy atom. The second kappa shape index (κ2) is 14.1. The van der Waals surface area contributed by atoms with E-state index in [-0.39, 0.29) is 0 Å². The molecule has 0 saturated heterocycles. The molecule has 63 heavy (non-hydrogen) atoms. The SMILES string of the molecule is c1ccc(-c2cccc(-n3c4ccccc4c4cc(-c5ccc(-c6ccc7c(c6)c6ccccc6n7-c6ccc(-c7cccc8c7oc7ccccc78)cc6)cc5)ccc43)c2)cc1. The number of rotatable bonds is 6. The van der Waals surface area contributed by atoms with Crippen LogP contribution < -0.4 is 0 Å². The van der Waals surface area contributed by atoms with Gasteiger partial charge in [0, 0.05) is 49.3 Å². The first kappa shape index (κ1) is 35.4. The highest BCUT2D eigenvalue weighted by molar-refractivity contribution is 6.12. The van der Waals surface area contributed by atoms with Crippen LogP contribution in [-0.4, -0.2) is 9.13 Å². The van der Waals surface area contributed by atoms with Gasteiger partial charge >= 0.3 is 0 Å². The maximum absolute atomic E-state index is 6.38. The van der Waals surface area contributed by atoms with E-state index in [9.17, 15) is 0 Å². The van der Waals surface area contributed by atoms with E-state index >= 15 is 0 Å². The number of para-hydroxylation sites is 4. The van der Waals surface area contributed by atoms with Crippen molar-refractivity contribution in [2.75, 3.05) is 0 Å². The minimum Gasteiger partial charge on any atom is -0.455 e. The number of benzene rings is 10. The van der Waals surface area contributed by atoms with Crippen LogP contribution in [0.1, 0.15) is 0 Å². The van der Waals surface area contributed by atoms with Crippen molar-refractivity contribution in [3.8, 4) is 55.9 Å². The topological polar surface area (TPSA) is 23.0 Å². The molecular formula is C60H38N2O. The van der Waals surface area contributed by atoms with Crippen molar-refractivity contribution >= 4 is 65.6 Å². The Hall–Kier alpha value is -8.40. The molecule has 3 nitrogen and oxygen atoms in total. The van der Waals surface area contributed by atoms with Crippen molar-refractivity contribution in [3.63, 3.8) is 0 Å². The first-order chi connectivity index (χ1) is 31.2. The normalized spacial score (nSPS) is 11.8. The molecular weight excluding hydrogens is 765 g/mol. The summed E-state index contributed by atoms with van der Waals surface area (Å²) in [4.78, 5) is 0. The number of fused-ring (bicyclic) bond motifs is 9. The van der Waals surface area contributed by atoms with E-state index in [0.29, 0.717) is 0 Å². The molecule has 0 aliphatic heterocycles. The summed E-state index contributed by atoms with van der Waals surface area (Å²) >= 11 is 0. The van der Waals surface area contributed by atoms with Crippen LogP contribution in [0.5, 0.6) is 0 Å². The fourth-order valence-electron chi connectivity index (χ4n) is 9.94. The number of aromatic nitrogens is 2. The van der Waals surface area contributed by atoms with Crippen molar-refractivity contribution in [2.45, 2.75) is 0 Å². The van der Waals surface area contributed by atoms with Crippen LogP contribution in [0.25, 0.3) is 121 Å². The van der Waals surface area contributed by atoms with Crippen LogP contribution >= 0.6 is 0 Å². The van der Waals surface area contributed by atoms with Crippen LogP contribution in [0.2, 0.25) is 0 Å². The molecule has 0 fully saturated rings. The Morgan fingerprint density at radius 3 is 1.38 bits per heavy atom. The number of hydrogen-bond donors (Lipinski definition) is 0. The van der Waals surface area contributed by atoms with E-state index in [2.05, 4.69) is 228 Å². The molecule has 0 radical (unpaired) electrons. The van der Waals surface area contributed by atoms with E-state index in [0.717, 1.165) is 44.4 Å². The summed E-state index contributed by atoms with van der Waals surface area (Å²) in [6.07, 6.45) is 0. The Balaban J connectivity index is 0.840. The van der Waals surface area contributed by atoms with Crippen LogP contribution in [0.4, 0.5) is 0 Å². The van der Waals surface area contributed by atoms with E-state index < -0.39 is 0 Å². The van der Waals surface area contributed by atoms with Gasteiger partial charge in [0.15, 0.2) is 0 Å². The summed E-state index contributed by atoms with van der Waals surface area (Å²) in [5.41, 5.74) is 18.3. The lowest BCUT2D eigenvalue weighted by Gasteiger charge is -2.11. The van der Waals surface area contributed by atoms with E-state index in [1.807, 2.05) is 12.1 Å². The zero-order chi connectivity index (χ0) is 41.4. The quantitative estimate of drug-likeness (QED) is 0.164. The average molecular weight is 803 g/mol. The molecule has 0 aliphatic rings. The van der Waals surface area contributed by atoms with Gasteiger partial charge < -0.3 is 13.6 Å². The molecule has 13 aromatic rings. The van der Waals surface area contributed by atoms with Crippen molar-refractivity contribution in [3.05, 3.63) is 231 Å². The second-order valence-corrected chi connectivity index (χ2v) is 16.5. The van der Waals surface area contributed by atoms with Gasteiger partial charge in [0.2, 0.25) is 0 Å². The minimum atomic E-state index is 0.914. The van der Waals surface area contributed by atoms with Gasteiger partial charge in [-0.1, -0.05) is 164 Å². The van der Waals surface area contributed by atoms with Crippen molar-refractivity contribution in [1.82, 2.24) is 9.13 Å². The highest BCUT2D eigenvalue weighted by Gasteiger charge is 2.17. The lowest BCUT2D eigenvalue weighted by atomic mass is 9.98. The largest absolute Gasteiger partial charge is 0.455 e. The molecule has 0 atom stereocenters. The van der Waals surface area contributed by atoms with Gasteiger partial charge in [-0.25, -0.2) is 0 Å². The van der Waals surface area contributed by atoms with Gasteiger partial charge in [-0.15, -0.1) is 0 Å². The number of furan rings is 1. The van der Waals surface area contributed by atoms with Gasteiger partial charge in [0.1, 0.15) is 11.2 Å². The summed E-state index contributed by atoms with van der Waals surface area (Å²) in [7, 11) is 0. The molecule has 0 unspecified atom stereocenters. The summed E-state index contributed by atoms with van der Waals surface area (Å²) in [5, 5.41) is 7.26. The summed E-state index contributed by atoms with van der Waals surface area (Å²) < 4.78 is 11.2. The Labute approximate surface area is 363 Å². The van der Waals surface area contributed by atoms with Crippen LogP contribution in [0.3, 0.4) is 0 Å². The van der Waals surface area contributed by atoms with Crippen molar-refractivity contribution < 1.29 is 4.42 Å². The molecule has 0 amide bonds. The maximum Gasteiger partial charge on any atom is 0.143 e. The molecule has 13 rings (SSSR count). The molecule has 3 aromatic heterocycles. The van der Waals surface area contributed by atoms with Crippen molar-refractivity contribution in [1.29, 1.82) is 0 Å². The Morgan fingerprint density at radius 1 is 0.254 bits per heavy atom. The maximum atomic E-state index is 6.38. The number of nitrogens with zero attached hydrogens (tertiary/aromatic N) is 2. The molecule has 294 valence electrons. The van der Waals surface area contributed by atoms with E-state index in [4.69, 9.17) is 4.42 Å². The molecule has 0 bridgehead atoms. The average Bonchev–Trinajstić information content (AvgIpc) is 4.02. The molecule has 10 aromatic carbocycles. The minimum absolute atomic E-state index is 0.914. The monoisotopic (exact) mass is 802 g/mol. The Kier molecular flexibility index (Phi) is 7.91. The van der Waals surface area contributed by atoms with Crippen molar-refractivity contribution in [2.24, 2.45) is 0 Å². The lowest BCUT2D eigenvalue weighted by molar-refractivity contribution is 0.670. The highest BCUT2D eigenvalue weighted by Crippen LogP contribution is 2.40. The summed E-state index contributed by atoms with van der Waals surface area (Å²) in [6, 6.07) is 83.4. The molecule has 0 aliphatic carbocycles. The molecule has 0 saturated carbocycles. The van der Waals surface area contributed by atoms with Crippen LogP contribution in [-0.2, 0) is 0 Å². The van der Waals surface area contributed by atoms with Gasteiger partial charge in [0.25, 0.3) is 0 Å². The van der Waals surface area contributed by atoms with Crippen LogP contribution in [0.15, 0.2) is 235 Å². The Bertz CT molecular complexity index is 3880. The second-order valence-electron chi connectivity index (χ2n) is 16.5.